The summed E-state index contributed by atoms with van der Waals surface area (Å²) in [6, 6.07) is 8.16. The summed E-state index contributed by atoms with van der Waals surface area (Å²) >= 11 is 0. The highest BCUT2D eigenvalue weighted by atomic mass is 16.2. The lowest BCUT2D eigenvalue weighted by Crippen LogP contribution is -2.57. The fourth-order valence-corrected chi connectivity index (χ4v) is 4.93. The number of hydrogen-bond acceptors (Lipinski definition) is 3. The van der Waals surface area contributed by atoms with Crippen LogP contribution in [0.2, 0.25) is 0 Å². The summed E-state index contributed by atoms with van der Waals surface area (Å²) in [5.74, 6) is 1.65. The standard InChI is InChI=1S/C24H35N3O2/c1-17(2)18-9-11-21(12-10-18)25-23(28)22(19-5-3-4-6-19)26-13-15-27(16-14-26)24(29)20-7-8-20/h9-12,17,19-20,22H,3-8,13-16H2,1-2H3,(H,25,28)/t22-/m1/s1. The van der Waals surface area contributed by atoms with Gasteiger partial charge in [-0.3, -0.25) is 14.5 Å². The first-order valence-corrected chi connectivity index (χ1v) is 11.5. The molecule has 2 aliphatic carbocycles. The number of anilines is 1. The molecule has 2 amide bonds. The third-order valence-electron chi connectivity index (χ3n) is 6.91. The van der Waals surface area contributed by atoms with Gasteiger partial charge in [0.05, 0.1) is 6.04 Å². The van der Waals surface area contributed by atoms with E-state index in [1.165, 1.54) is 18.4 Å². The van der Waals surface area contributed by atoms with E-state index in [1.807, 2.05) is 17.0 Å². The lowest BCUT2D eigenvalue weighted by Gasteiger charge is -2.40. The minimum Gasteiger partial charge on any atom is -0.340 e. The third kappa shape index (κ3) is 4.82. The molecule has 0 bridgehead atoms. The van der Waals surface area contributed by atoms with Crippen LogP contribution in [0.3, 0.4) is 0 Å². The van der Waals surface area contributed by atoms with Gasteiger partial charge >= 0.3 is 0 Å². The summed E-state index contributed by atoms with van der Waals surface area (Å²) in [7, 11) is 0. The molecule has 5 nitrogen and oxygen atoms in total. The van der Waals surface area contributed by atoms with Crippen LogP contribution in [0.25, 0.3) is 0 Å². The molecule has 1 atom stereocenters. The van der Waals surface area contributed by atoms with Crippen molar-refractivity contribution in [2.75, 3.05) is 31.5 Å². The van der Waals surface area contributed by atoms with Crippen molar-refractivity contribution in [1.82, 2.24) is 9.80 Å². The summed E-state index contributed by atoms with van der Waals surface area (Å²) in [6.45, 7) is 7.48. The number of nitrogens with zero attached hydrogens (tertiary/aromatic N) is 2. The average Bonchev–Trinajstić information content (AvgIpc) is 3.44. The Morgan fingerprint density at radius 2 is 1.55 bits per heavy atom. The molecule has 29 heavy (non-hydrogen) atoms. The lowest BCUT2D eigenvalue weighted by atomic mass is 9.94. The fraction of sp³-hybridized carbons (Fsp3) is 0.667. The van der Waals surface area contributed by atoms with Crippen LogP contribution in [0.5, 0.6) is 0 Å². The molecule has 1 aromatic rings. The number of nitrogens with one attached hydrogen (secondary N) is 1. The Labute approximate surface area is 174 Å². The first-order valence-electron chi connectivity index (χ1n) is 11.5. The Morgan fingerprint density at radius 3 is 2.10 bits per heavy atom. The van der Waals surface area contributed by atoms with Crippen molar-refractivity contribution in [2.24, 2.45) is 11.8 Å². The first-order chi connectivity index (χ1) is 14.0. The van der Waals surface area contributed by atoms with E-state index in [0.717, 1.165) is 57.5 Å². The number of hydrogen-bond donors (Lipinski definition) is 1. The van der Waals surface area contributed by atoms with Gasteiger partial charge in [-0.2, -0.15) is 0 Å². The van der Waals surface area contributed by atoms with Crippen LogP contribution in [-0.2, 0) is 9.59 Å². The molecule has 3 fully saturated rings. The predicted molar refractivity (Wildman–Crippen MR) is 116 cm³/mol. The van der Waals surface area contributed by atoms with E-state index in [2.05, 4.69) is 36.2 Å². The van der Waals surface area contributed by atoms with E-state index in [0.29, 0.717) is 17.7 Å². The number of benzene rings is 1. The number of amides is 2. The van der Waals surface area contributed by atoms with Gasteiger partial charge in [0.1, 0.15) is 0 Å². The van der Waals surface area contributed by atoms with Crippen molar-refractivity contribution in [1.29, 1.82) is 0 Å². The van der Waals surface area contributed by atoms with Gasteiger partial charge in [-0.25, -0.2) is 0 Å². The Kier molecular flexibility index (Phi) is 6.23. The van der Waals surface area contributed by atoms with Gasteiger partial charge in [0.15, 0.2) is 0 Å². The lowest BCUT2D eigenvalue weighted by molar-refractivity contribution is -0.135. The minimum atomic E-state index is -0.0829. The molecule has 1 aliphatic heterocycles. The normalized spacial score (nSPS) is 22.1. The van der Waals surface area contributed by atoms with Crippen LogP contribution in [0.15, 0.2) is 24.3 Å². The molecule has 1 N–H and O–H groups in total. The van der Waals surface area contributed by atoms with E-state index in [9.17, 15) is 9.59 Å². The molecule has 1 heterocycles. The molecule has 0 aromatic heterocycles. The van der Waals surface area contributed by atoms with Crippen LogP contribution >= 0.6 is 0 Å². The molecular formula is C24H35N3O2. The Balaban J connectivity index is 1.41. The van der Waals surface area contributed by atoms with Crippen molar-refractivity contribution >= 4 is 17.5 Å². The molecule has 4 rings (SSSR count). The van der Waals surface area contributed by atoms with Crippen molar-refractivity contribution in [3.8, 4) is 0 Å². The quantitative estimate of drug-likeness (QED) is 0.793. The SMILES string of the molecule is CC(C)c1ccc(NC(=O)[C@@H](C2CCCC2)N2CCN(C(=O)C3CC3)CC2)cc1. The molecular weight excluding hydrogens is 362 g/mol. The van der Waals surface area contributed by atoms with Gasteiger partial charge in [0.2, 0.25) is 11.8 Å². The van der Waals surface area contributed by atoms with Crippen molar-refractivity contribution in [3.05, 3.63) is 29.8 Å². The maximum absolute atomic E-state index is 13.3. The van der Waals surface area contributed by atoms with Gasteiger partial charge in [0.25, 0.3) is 0 Å². The molecule has 0 radical (unpaired) electrons. The highest BCUT2D eigenvalue weighted by Crippen LogP contribution is 2.33. The van der Waals surface area contributed by atoms with E-state index < -0.39 is 0 Å². The fourth-order valence-electron chi connectivity index (χ4n) is 4.93. The summed E-state index contributed by atoms with van der Waals surface area (Å²) < 4.78 is 0. The summed E-state index contributed by atoms with van der Waals surface area (Å²) in [5.41, 5.74) is 2.16. The summed E-state index contributed by atoms with van der Waals surface area (Å²) in [4.78, 5) is 30.0. The van der Waals surface area contributed by atoms with Crippen molar-refractivity contribution < 1.29 is 9.59 Å². The molecule has 1 saturated heterocycles. The molecule has 1 aromatic carbocycles. The van der Waals surface area contributed by atoms with E-state index in [-0.39, 0.29) is 17.9 Å². The van der Waals surface area contributed by atoms with E-state index in [4.69, 9.17) is 0 Å². The zero-order valence-electron chi connectivity index (χ0n) is 17.9. The van der Waals surface area contributed by atoms with Crippen molar-refractivity contribution in [2.45, 2.75) is 64.3 Å². The number of carbonyl (C=O) groups excluding carboxylic acids is 2. The highest BCUT2D eigenvalue weighted by Gasteiger charge is 2.39. The number of piperazine rings is 1. The Morgan fingerprint density at radius 1 is 0.931 bits per heavy atom. The van der Waals surface area contributed by atoms with Crippen molar-refractivity contribution in [3.63, 3.8) is 0 Å². The van der Waals surface area contributed by atoms with Crippen LogP contribution in [0.4, 0.5) is 5.69 Å². The van der Waals surface area contributed by atoms with E-state index in [1.54, 1.807) is 0 Å². The Bertz CT molecular complexity index is 712. The molecule has 3 aliphatic rings. The molecule has 2 saturated carbocycles. The second kappa shape index (κ2) is 8.86. The maximum Gasteiger partial charge on any atom is 0.242 e. The summed E-state index contributed by atoms with van der Waals surface area (Å²) in [5, 5.41) is 3.18. The van der Waals surface area contributed by atoms with Gasteiger partial charge < -0.3 is 10.2 Å². The second-order valence-corrected chi connectivity index (χ2v) is 9.39. The zero-order chi connectivity index (χ0) is 20.4. The topological polar surface area (TPSA) is 52.7 Å². The Hall–Kier alpha value is -1.88. The first kappa shape index (κ1) is 20.4. The monoisotopic (exact) mass is 397 g/mol. The summed E-state index contributed by atoms with van der Waals surface area (Å²) in [6.07, 6.45) is 6.82. The molecule has 158 valence electrons. The zero-order valence-corrected chi connectivity index (χ0v) is 17.9. The average molecular weight is 398 g/mol. The van der Waals surface area contributed by atoms with Crippen LogP contribution in [-0.4, -0.2) is 53.8 Å². The molecule has 0 unspecified atom stereocenters. The van der Waals surface area contributed by atoms with Crippen LogP contribution in [0, 0.1) is 11.8 Å². The number of carbonyl (C=O) groups is 2. The van der Waals surface area contributed by atoms with Crippen LogP contribution < -0.4 is 5.32 Å². The third-order valence-corrected chi connectivity index (χ3v) is 6.91. The minimum absolute atomic E-state index is 0.0829. The molecule has 0 spiro atoms. The maximum atomic E-state index is 13.3. The van der Waals surface area contributed by atoms with Crippen LogP contribution in [0.1, 0.15) is 63.9 Å². The van der Waals surface area contributed by atoms with E-state index >= 15 is 0 Å². The predicted octanol–water partition coefficient (Wildman–Crippen LogP) is 3.86. The second-order valence-electron chi connectivity index (χ2n) is 9.39. The van der Waals surface area contributed by atoms with Gasteiger partial charge in [0, 0.05) is 37.8 Å². The highest BCUT2D eigenvalue weighted by molar-refractivity contribution is 5.95. The number of rotatable bonds is 6. The van der Waals surface area contributed by atoms with Gasteiger partial charge in [-0.1, -0.05) is 38.8 Å². The molecule has 5 heteroatoms. The smallest absolute Gasteiger partial charge is 0.242 e. The van der Waals surface area contributed by atoms with Gasteiger partial charge in [-0.05, 0) is 55.2 Å². The van der Waals surface area contributed by atoms with Gasteiger partial charge in [-0.15, -0.1) is 0 Å². The largest absolute Gasteiger partial charge is 0.340 e.